The molecule has 6 nitrogen and oxygen atoms in total. The third kappa shape index (κ3) is 3.64. The Balaban J connectivity index is 1.45. The van der Waals surface area contributed by atoms with Crippen LogP contribution in [0, 0.1) is 0 Å². The number of hydrogen-bond acceptors (Lipinski definition) is 4. The van der Waals surface area contributed by atoms with Crippen molar-refractivity contribution in [1.29, 1.82) is 0 Å². The lowest BCUT2D eigenvalue weighted by Crippen LogP contribution is -2.29. The molecule has 6 aromatic rings. The smallest absolute Gasteiger partial charge is 0.227 e. The van der Waals surface area contributed by atoms with Crippen molar-refractivity contribution < 1.29 is 4.79 Å². The molecule has 0 aliphatic carbocycles. The summed E-state index contributed by atoms with van der Waals surface area (Å²) in [4.78, 5) is 22.6. The zero-order chi connectivity index (χ0) is 24.9. The van der Waals surface area contributed by atoms with Gasteiger partial charge in [0.05, 0.1) is 5.52 Å². The highest BCUT2D eigenvalue weighted by Gasteiger charge is 2.25. The summed E-state index contributed by atoms with van der Waals surface area (Å²) < 4.78 is 4.04. The first-order chi connectivity index (χ1) is 18.2. The number of pyridine rings is 1. The number of carbonyl (C=O) groups is 1. The van der Waals surface area contributed by atoms with Crippen LogP contribution in [0.1, 0.15) is 30.6 Å². The summed E-state index contributed by atoms with van der Waals surface area (Å²) in [5, 5.41) is 6.93. The molecule has 0 saturated carbocycles. The molecule has 1 fully saturated rings. The van der Waals surface area contributed by atoms with Crippen molar-refractivity contribution in [3.05, 3.63) is 85.2 Å². The second-order valence-electron chi connectivity index (χ2n) is 9.86. The number of carbonyl (C=O) groups excluding carboxylic acids is 1. The average molecular weight is 486 g/mol. The van der Waals surface area contributed by atoms with Crippen molar-refractivity contribution in [2.24, 2.45) is 0 Å². The van der Waals surface area contributed by atoms with Gasteiger partial charge in [0.15, 0.2) is 5.65 Å². The highest BCUT2D eigenvalue weighted by atomic mass is 16.1. The quantitative estimate of drug-likeness (QED) is 0.313. The Labute approximate surface area is 214 Å². The van der Waals surface area contributed by atoms with Crippen LogP contribution in [-0.4, -0.2) is 38.1 Å². The fourth-order valence-electron chi connectivity index (χ4n) is 5.73. The Hall–Kier alpha value is -4.29. The summed E-state index contributed by atoms with van der Waals surface area (Å²) in [5.41, 5.74) is 5.81. The molecule has 0 atom stereocenters. The molecule has 0 radical (unpaired) electrons. The lowest BCUT2D eigenvalue weighted by molar-refractivity contribution is 0.0941. The maximum Gasteiger partial charge on any atom is 0.227 e. The van der Waals surface area contributed by atoms with Crippen LogP contribution in [0.3, 0.4) is 0 Å². The number of rotatable bonds is 3. The van der Waals surface area contributed by atoms with Gasteiger partial charge in [0, 0.05) is 41.9 Å². The van der Waals surface area contributed by atoms with E-state index in [0.717, 1.165) is 70.5 Å². The van der Waals surface area contributed by atoms with Gasteiger partial charge in [-0.3, -0.25) is 9.36 Å². The number of nitrogens with zero attached hydrogens (tertiary/aromatic N) is 4. The van der Waals surface area contributed by atoms with E-state index in [1.165, 1.54) is 10.8 Å². The molecule has 6 heteroatoms. The van der Waals surface area contributed by atoms with E-state index in [1.807, 2.05) is 30.6 Å². The summed E-state index contributed by atoms with van der Waals surface area (Å²) in [5.74, 6) is 0.866. The van der Waals surface area contributed by atoms with Crippen LogP contribution in [-0.2, 0) is 0 Å². The first-order valence-electron chi connectivity index (χ1n) is 12.9. The molecule has 1 N–H and O–H groups in total. The van der Waals surface area contributed by atoms with Crippen molar-refractivity contribution in [3.63, 3.8) is 0 Å². The van der Waals surface area contributed by atoms with Crippen LogP contribution in [0.15, 0.2) is 85.2 Å². The van der Waals surface area contributed by atoms with Gasteiger partial charge in [-0.1, -0.05) is 54.6 Å². The van der Waals surface area contributed by atoms with Gasteiger partial charge in [-0.25, -0.2) is 9.97 Å². The number of benzene rings is 3. The zero-order valence-electron chi connectivity index (χ0n) is 20.7. The van der Waals surface area contributed by atoms with E-state index in [9.17, 15) is 4.79 Å². The van der Waals surface area contributed by atoms with Crippen molar-refractivity contribution in [2.75, 3.05) is 13.1 Å². The molecule has 0 bridgehead atoms. The molecule has 0 unspecified atom stereocenters. The van der Waals surface area contributed by atoms with E-state index in [4.69, 9.17) is 9.97 Å². The summed E-state index contributed by atoms with van der Waals surface area (Å²) >= 11 is 0. The van der Waals surface area contributed by atoms with Crippen molar-refractivity contribution in [3.8, 4) is 22.5 Å². The standard InChI is InChI=1S/C31H27N5O/c1-20(37)35-19-27(26-8-4-5-9-29(26)35)30-34-28-17-24(23-11-10-21-6-2-3-7-22(21)16-23)18-33-31(28)36(30)25-12-14-32-15-13-25/h2-11,16-19,25,32H,12-15H2,1H3. The largest absolute Gasteiger partial charge is 0.317 e. The highest BCUT2D eigenvalue weighted by Crippen LogP contribution is 2.37. The lowest BCUT2D eigenvalue weighted by Gasteiger charge is -2.25. The topological polar surface area (TPSA) is 64.7 Å². The van der Waals surface area contributed by atoms with E-state index >= 15 is 0 Å². The molecular weight excluding hydrogens is 458 g/mol. The van der Waals surface area contributed by atoms with Crippen LogP contribution in [0.2, 0.25) is 0 Å². The molecule has 3 aromatic heterocycles. The Morgan fingerprint density at radius 3 is 2.54 bits per heavy atom. The summed E-state index contributed by atoms with van der Waals surface area (Å²) in [6.45, 7) is 3.53. The van der Waals surface area contributed by atoms with E-state index < -0.39 is 0 Å². The molecule has 3 aromatic carbocycles. The highest BCUT2D eigenvalue weighted by molar-refractivity contribution is 6.01. The molecule has 4 heterocycles. The first kappa shape index (κ1) is 21.9. The van der Waals surface area contributed by atoms with E-state index in [-0.39, 0.29) is 5.91 Å². The Morgan fingerprint density at radius 1 is 0.919 bits per heavy atom. The third-order valence-corrected chi connectivity index (χ3v) is 7.58. The monoisotopic (exact) mass is 485 g/mol. The van der Waals surface area contributed by atoms with Crippen molar-refractivity contribution in [1.82, 2.24) is 24.4 Å². The van der Waals surface area contributed by atoms with E-state index in [1.54, 1.807) is 11.5 Å². The van der Waals surface area contributed by atoms with Gasteiger partial charge >= 0.3 is 0 Å². The van der Waals surface area contributed by atoms with Gasteiger partial charge in [-0.05, 0) is 60.5 Å². The second kappa shape index (κ2) is 8.68. The number of para-hydroxylation sites is 1. The van der Waals surface area contributed by atoms with Crippen molar-refractivity contribution >= 4 is 38.7 Å². The fraction of sp³-hybridized carbons (Fsp3) is 0.194. The number of nitrogens with one attached hydrogen (secondary N) is 1. The Bertz CT molecular complexity index is 1810. The van der Waals surface area contributed by atoms with Crippen LogP contribution < -0.4 is 5.32 Å². The molecule has 0 amide bonds. The Morgan fingerprint density at radius 2 is 1.70 bits per heavy atom. The number of piperidine rings is 1. The van der Waals surface area contributed by atoms with Crippen LogP contribution >= 0.6 is 0 Å². The van der Waals surface area contributed by atoms with Gasteiger partial charge in [-0.2, -0.15) is 0 Å². The zero-order valence-corrected chi connectivity index (χ0v) is 20.7. The second-order valence-corrected chi connectivity index (χ2v) is 9.86. The molecule has 1 aliphatic rings. The summed E-state index contributed by atoms with van der Waals surface area (Å²) in [6, 6.07) is 25.4. The maximum atomic E-state index is 12.5. The Kier molecular flexibility index (Phi) is 5.15. The summed E-state index contributed by atoms with van der Waals surface area (Å²) in [7, 11) is 0. The van der Waals surface area contributed by atoms with Crippen LogP contribution in [0.5, 0.6) is 0 Å². The average Bonchev–Trinajstić information content (AvgIpc) is 3.52. The minimum absolute atomic E-state index is 0.0105. The predicted octanol–water partition coefficient (Wildman–Crippen LogP) is 6.46. The van der Waals surface area contributed by atoms with Gasteiger partial charge in [0.25, 0.3) is 0 Å². The SMILES string of the molecule is CC(=O)n1cc(-c2nc3cc(-c4ccc5ccccc5c4)cnc3n2C2CCNCC2)c2ccccc21. The summed E-state index contributed by atoms with van der Waals surface area (Å²) in [6.07, 6.45) is 5.93. The fourth-order valence-corrected chi connectivity index (χ4v) is 5.73. The number of hydrogen-bond donors (Lipinski definition) is 1. The third-order valence-electron chi connectivity index (χ3n) is 7.58. The normalized spacial score (nSPS) is 14.6. The molecule has 1 saturated heterocycles. The molecule has 7 rings (SSSR count). The lowest BCUT2D eigenvalue weighted by atomic mass is 10.0. The van der Waals surface area contributed by atoms with Crippen molar-refractivity contribution in [2.45, 2.75) is 25.8 Å². The predicted molar refractivity (Wildman–Crippen MR) is 149 cm³/mol. The minimum atomic E-state index is -0.0105. The maximum absolute atomic E-state index is 12.5. The molecule has 37 heavy (non-hydrogen) atoms. The number of imidazole rings is 1. The first-order valence-corrected chi connectivity index (χ1v) is 12.9. The van der Waals surface area contributed by atoms with Gasteiger partial charge < -0.3 is 9.88 Å². The van der Waals surface area contributed by atoms with Gasteiger partial charge in [0.2, 0.25) is 5.91 Å². The molecule has 0 spiro atoms. The van der Waals surface area contributed by atoms with Gasteiger partial charge in [0.1, 0.15) is 11.3 Å². The molecule has 182 valence electrons. The van der Waals surface area contributed by atoms with E-state index in [0.29, 0.717) is 6.04 Å². The van der Waals surface area contributed by atoms with Gasteiger partial charge in [-0.15, -0.1) is 0 Å². The number of aromatic nitrogens is 4. The minimum Gasteiger partial charge on any atom is -0.317 e. The van der Waals surface area contributed by atoms with Crippen LogP contribution in [0.4, 0.5) is 0 Å². The molecule has 1 aliphatic heterocycles. The van der Waals surface area contributed by atoms with E-state index in [2.05, 4.69) is 64.5 Å². The molecular formula is C31H27N5O. The van der Waals surface area contributed by atoms with Crippen LogP contribution in [0.25, 0.3) is 55.4 Å². The number of fused-ring (bicyclic) bond motifs is 3.